The van der Waals surface area contributed by atoms with Gasteiger partial charge in [-0.05, 0) is 18.8 Å². The first-order valence-corrected chi connectivity index (χ1v) is 3.70. The summed E-state index contributed by atoms with van der Waals surface area (Å²) >= 11 is 0. The van der Waals surface area contributed by atoms with Crippen LogP contribution in [-0.4, -0.2) is 19.9 Å². The van der Waals surface area contributed by atoms with E-state index < -0.39 is 6.16 Å². The smallest absolute Gasteiger partial charge is 0.438 e. The number of rotatable bonds is 3. The van der Waals surface area contributed by atoms with E-state index in [1.54, 1.807) is 0 Å². The van der Waals surface area contributed by atoms with Gasteiger partial charge < -0.3 is 9.47 Å². The second-order valence-electron chi connectivity index (χ2n) is 2.53. The lowest BCUT2D eigenvalue weighted by molar-refractivity contribution is 0.0817. The van der Waals surface area contributed by atoms with Crippen molar-refractivity contribution in [3.8, 4) is 0 Å². The molecule has 0 atom stereocenters. The van der Waals surface area contributed by atoms with Crippen molar-refractivity contribution in [3.05, 3.63) is 12.2 Å². The van der Waals surface area contributed by atoms with Crippen LogP contribution in [0.5, 0.6) is 0 Å². The molecule has 0 unspecified atom stereocenters. The van der Waals surface area contributed by atoms with Gasteiger partial charge in [-0.1, -0.05) is 12.2 Å². The van der Waals surface area contributed by atoms with Gasteiger partial charge in [-0.2, -0.15) is 0 Å². The molecule has 11 heavy (non-hydrogen) atoms. The summed E-state index contributed by atoms with van der Waals surface area (Å²) < 4.78 is 8.90. The molecule has 0 N–H and O–H groups in total. The molecule has 0 aromatic carbocycles. The van der Waals surface area contributed by atoms with Crippen LogP contribution >= 0.6 is 0 Å². The molecule has 0 aromatic rings. The van der Waals surface area contributed by atoms with Crippen LogP contribution in [0, 0.1) is 5.92 Å². The van der Waals surface area contributed by atoms with Crippen molar-refractivity contribution in [2.75, 3.05) is 13.7 Å². The van der Waals surface area contributed by atoms with Crippen LogP contribution in [0.3, 0.4) is 0 Å². The minimum atomic E-state index is -0.620. The Morgan fingerprint density at radius 2 is 2.36 bits per heavy atom. The Morgan fingerprint density at radius 1 is 1.64 bits per heavy atom. The van der Waals surface area contributed by atoms with Crippen molar-refractivity contribution >= 4 is 6.16 Å². The Kier molecular flexibility index (Phi) is 2.95. The summed E-state index contributed by atoms with van der Waals surface area (Å²) in [5.74, 6) is 0.733. The van der Waals surface area contributed by atoms with Crippen LogP contribution in [0.2, 0.25) is 0 Å². The summed E-state index contributed by atoms with van der Waals surface area (Å²) in [6, 6.07) is 0. The van der Waals surface area contributed by atoms with Crippen LogP contribution < -0.4 is 0 Å². The highest BCUT2D eigenvalue weighted by Crippen LogP contribution is 2.29. The van der Waals surface area contributed by atoms with Crippen LogP contribution in [0.15, 0.2) is 12.2 Å². The maximum absolute atomic E-state index is 10.4. The second-order valence-corrected chi connectivity index (χ2v) is 2.53. The fraction of sp³-hybridized carbons (Fsp3) is 0.625. The summed E-state index contributed by atoms with van der Waals surface area (Å²) in [5, 5.41) is 0. The number of allylic oxidation sites excluding steroid dienone is 1. The molecule has 0 amide bonds. The average Bonchev–Trinajstić information content (AvgIpc) is 2.81. The fourth-order valence-corrected chi connectivity index (χ4v) is 0.712. The van der Waals surface area contributed by atoms with Gasteiger partial charge in [0.25, 0.3) is 0 Å². The van der Waals surface area contributed by atoms with Crippen LogP contribution in [0.1, 0.15) is 12.8 Å². The monoisotopic (exact) mass is 156 g/mol. The molecule has 1 aliphatic rings. The Balaban J connectivity index is 1.98. The maximum Gasteiger partial charge on any atom is 0.508 e. The first-order chi connectivity index (χ1) is 5.33. The summed E-state index contributed by atoms with van der Waals surface area (Å²) in [6.07, 6.45) is 5.85. The van der Waals surface area contributed by atoms with Gasteiger partial charge >= 0.3 is 6.16 Å². The Labute approximate surface area is 66.0 Å². The van der Waals surface area contributed by atoms with Gasteiger partial charge in [0.1, 0.15) is 6.61 Å². The third kappa shape index (κ3) is 3.65. The zero-order valence-electron chi connectivity index (χ0n) is 6.58. The van der Waals surface area contributed by atoms with Gasteiger partial charge in [0.15, 0.2) is 0 Å². The molecule has 1 rings (SSSR count). The molecular formula is C8H12O3. The van der Waals surface area contributed by atoms with Gasteiger partial charge in [-0.25, -0.2) is 4.79 Å². The van der Waals surface area contributed by atoms with Crippen molar-refractivity contribution < 1.29 is 14.3 Å². The minimum absolute atomic E-state index is 0.323. The Morgan fingerprint density at radius 3 is 2.91 bits per heavy atom. The molecule has 0 aliphatic heterocycles. The standard InChI is InChI=1S/C8H12O3/c1-10-8(9)11-6-2-3-7-4-5-7/h2-3,7H,4-6H2,1H3/b3-2+. The van der Waals surface area contributed by atoms with E-state index in [9.17, 15) is 4.79 Å². The number of carbonyl (C=O) groups is 1. The summed E-state index contributed by atoms with van der Waals surface area (Å²) in [6.45, 7) is 0.323. The lowest BCUT2D eigenvalue weighted by Crippen LogP contribution is -2.03. The zero-order chi connectivity index (χ0) is 8.10. The van der Waals surface area contributed by atoms with Crippen molar-refractivity contribution in [1.82, 2.24) is 0 Å². The van der Waals surface area contributed by atoms with Crippen LogP contribution in [-0.2, 0) is 9.47 Å². The molecule has 0 saturated heterocycles. The van der Waals surface area contributed by atoms with E-state index in [2.05, 4.69) is 15.5 Å². The Hall–Kier alpha value is -0.990. The summed E-state index contributed by atoms with van der Waals surface area (Å²) in [7, 11) is 1.30. The molecular weight excluding hydrogens is 144 g/mol. The van der Waals surface area contributed by atoms with E-state index in [1.165, 1.54) is 20.0 Å². The third-order valence-corrected chi connectivity index (χ3v) is 1.49. The highest BCUT2D eigenvalue weighted by atomic mass is 16.7. The Bertz CT molecular complexity index is 159. The molecule has 1 fully saturated rings. The van der Waals surface area contributed by atoms with E-state index in [1.807, 2.05) is 6.08 Å². The average molecular weight is 156 g/mol. The molecule has 1 aliphatic carbocycles. The first-order valence-electron chi connectivity index (χ1n) is 3.70. The molecule has 1 saturated carbocycles. The van der Waals surface area contributed by atoms with Crippen molar-refractivity contribution in [3.63, 3.8) is 0 Å². The highest BCUT2D eigenvalue weighted by Gasteiger charge is 2.16. The zero-order valence-corrected chi connectivity index (χ0v) is 6.58. The van der Waals surface area contributed by atoms with E-state index in [0.29, 0.717) is 6.61 Å². The van der Waals surface area contributed by atoms with Gasteiger partial charge in [0.05, 0.1) is 7.11 Å². The van der Waals surface area contributed by atoms with Crippen molar-refractivity contribution in [1.29, 1.82) is 0 Å². The van der Waals surface area contributed by atoms with Crippen LogP contribution in [0.4, 0.5) is 4.79 Å². The summed E-state index contributed by atoms with van der Waals surface area (Å²) in [4.78, 5) is 10.4. The molecule has 62 valence electrons. The normalized spacial score (nSPS) is 16.8. The first kappa shape index (κ1) is 8.11. The number of hydrogen-bond acceptors (Lipinski definition) is 3. The molecule has 0 spiro atoms. The number of hydrogen-bond donors (Lipinski definition) is 0. The van der Waals surface area contributed by atoms with E-state index in [-0.39, 0.29) is 0 Å². The molecule has 0 aromatic heterocycles. The molecule has 0 bridgehead atoms. The predicted octanol–water partition coefficient (Wildman–Crippen LogP) is 1.74. The SMILES string of the molecule is COC(=O)OC/C=C/C1CC1. The second kappa shape index (κ2) is 4.01. The van der Waals surface area contributed by atoms with Gasteiger partial charge in [0, 0.05) is 0 Å². The largest absolute Gasteiger partial charge is 0.508 e. The number of methoxy groups -OCH3 is 1. The third-order valence-electron chi connectivity index (χ3n) is 1.49. The van der Waals surface area contributed by atoms with E-state index >= 15 is 0 Å². The lowest BCUT2D eigenvalue weighted by Gasteiger charge is -1.96. The summed E-state index contributed by atoms with van der Waals surface area (Å²) in [5.41, 5.74) is 0. The quantitative estimate of drug-likeness (QED) is 0.461. The fourth-order valence-electron chi connectivity index (χ4n) is 0.712. The molecule has 0 heterocycles. The van der Waals surface area contributed by atoms with E-state index in [0.717, 1.165) is 5.92 Å². The molecule has 0 radical (unpaired) electrons. The van der Waals surface area contributed by atoms with Gasteiger partial charge in [-0.3, -0.25) is 0 Å². The van der Waals surface area contributed by atoms with Crippen molar-refractivity contribution in [2.45, 2.75) is 12.8 Å². The van der Waals surface area contributed by atoms with Crippen molar-refractivity contribution in [2.24, 2.45) is 5.92 Å². The minimum Gasteiger partial charge on any atom is -0.438 e. The van der Waals surface area contributed by atoms with Gasteiger partial charge in [0.2, 0.25) is 0 Å². The maximum atomic E-state index is 10.4. The lowest BCUT2D eigenvalue weighted by atomic mass is 10.4. The van der Waals surface area contributed by atoms with E-state index in [4.69, 9.17) is 0 Å². The number of carbonyl (C=O) groups excluding carboxylic acids is 1. The molecule has 3 heteroatoms. The topological polar surface area (TPSA) is 35.5 Å². The number of ether oxygens (including phenoxy) is 2. The molecule has 3 nitrogen and oxygen atoms in total. The highest BCUT2D eigenvalue weighted by molar-refractivity contribution is 5.59. The van der Waals surface area contributed by atoms with Crippen LogP contribution in [0.25, 0.3) is 0 Å². The predicted molar refractivity (Wildman–Crippen MR) is 40.2 cm³/mol. The van der Waals surface area contributed by atoms with Gasteiger partial charge in [-0.15, -0.1) is 0 Å².